The van der Waals surface area contributed by atoms with Crippen molar-refractivity contribution < 1.29 is 23.3 Å². The standard InChI is InChI=1S/C15H34NO5P/c1-12(2)16(13(3)4)22(21-14(5)6)20-10-9-19-15(18-8)11-17-7/h12-15H,9-11H2,1-8H3. The molecule has 0 bridgehead atoms. The van der Waals surface area contributed by atoms with E-state index in [1.165, 1.54) is 0 Å². The summed E-state index contributed by atoms with van der Waals surface area (Å²) in [5, 5.41) is 0. The van der Waals surface area contributed by atoms with Crippen LogP contribution in [0.1, 0.15) is 41.5 Å². The molecule has 6 nitrogen and oxygen atoms in total. The van der Waals surface area contributed by atoms with Crippen molar-refractivity contribution in [2.75, 3.05) is 34.0 Å². The van der Waals surface area contributed by atoms with Crippen molar-refractivity contribution in [2.45, 2.75) is 66.0 Å². The van der Waals surface area contributed by atoms with Gasteiger partial charge < -0.3 is 23.3 Å². The molecule has 0 spiro atoms. The molecule has 22 heavy (non-hydrogen) atoms. The number of ether oxygens (including phenoxy) is 3. The Balaban J connectivity index is 4.41. The van der Waals surface area contributed by atoms with Gasteiger partial charge in [-0.2, -0.15) is 0 Å². The molecule has 0 aliphatic rings. The molecule has 0 rings (SSSR count). The van der Waals surface area contributed by atoms with Crippen molar-refractivity contribution in [2.24, 2.45) is 0 Å². The molecule has 7 heteroatoms. The molecule has 0 aromatic heterocycles. The maximum Gasteiger partial charge on any atom is 0.259 e. The molecular weight excluding hydrogens is 305 g/mol. The third kappa shape index (κ3) is 9.36. The van der Waals surface area contributed by atoms with Crippen LogP contribution in [0.4, 0.5) is 0 Å². The predicted octanol–water partition coefficient (Wildman–Crippen LogP) is 3.41. The second-order valence-electron chi connectivity index (χ2n) is 5.78. The van der Waals surface area contributed by atoms with Crippen LogP contribution >= 0.6 is 8.53 Å². The van der Waals surface area contributed by atoms with Gasteiger partial charge in [-0.25, -0.2) is 4.67 Å². The average molecular weight is 339 g/mol. The smallest absolute Gasteiger partial charge is 0.259 e. The van der Waals surface area contributed by atoms with Crippen LogP contribution in [0.3, 0.4) is 0 Å². The third-order valence-corrected chi connectivity index (χ3v) is 5.01. The Bertz CT molecular complexity index is 258. The number of hydrogen-bond acceptors (Lipinski definition) is 6. The summed E-state index contributed by atoms with van der Waals surface area (Å²) in [4.78, 5) is 0. The van der Waals surface area contributed by atoms with E-state index in [0.717, 1.165) is 0 Å². The second-order valence-corrected chi connectivity index (χ2v) is 7.19. The molecule has 0 amide bonds. The van der Waals surface area contributed by atoms with E-state index in [0.29, 0.717) is 31.9 Å². The van der Waals surface area contributed by atoms with E-state index in [9.17, 15) is 0 Å². The third-order valence-electron chi connectivity index (χ3n) is 2.70. The molecule has 2 atom stereocenters. The fourth-order valence-electron chi connectivity index (χ4n) is 1.92. The fraction of sp³-hybridized carbons (Fsp3) is 1.00. The summed E-state index contributed by atoms with van der Waals surface area (Å²) in [5.41, 5.74) is 0. The zero-order chi connectivity index (χ0) is 17.1. The molecule has 134 valence electrons. The quantitative estimate of drug-likeness (QED) is 0.291. The molecule has 0 aromatic carbocycles. The lowest BCUT2D eigenvalue weighted by atomic mass is 10.3. The first-order valence-corrected chi connectivity index (χ1v) is 8.97. The zero-order valence-electron chi connectivity index (χ0n) is 15.4. The zero-order valence-corrected chi connectivity index (χ0v) is 16.3. The predicted molar refractivity (Wildman–Crippen MR) is 89.8 cm³/mol. The Kier molecular flexibility index (Phi) is 12.7. The highest BCUT2D eigenvalue weighted by Gasteiger charge is 2.27. The number of rotatable bonds is 13. The van der Waals surface area contributed by atoms with E-state index in [2.05, 4.69) is 32.4 Å². The summed E-state index contributed by atoms with van der Waals surface area (Å²) < 4.78 is 29.9. The lowest BCUT2D eigenvalue weighted by molar-refractivity contribution is -0.155. The van der Waals surface area contributed by atoms with Gasteiger partial charge in [0, 0.05) is 26.3 Å². The molecule has 0 radical (unpaired) electrons. The lowest BCUT2D eigenvalue weighted by Crippen LogP contribution is -2.34. The molecule has 0 aromatic rings. The van der Waals surface area contributed by atoms with Crippen LogP contribution < -0.4 is 0 Å². The molecule has 0 N–H and O–H groups in total. The van der Waals surface area contributed by atoms with E-state index in [-0.39, 0.29) is 12.4 Å². The fourth-order valence-corrected chi connectivity index (χ4v) is 3.57. The van der Waals surface area contributed by atoms with Crippen LogP contribution in [-0.2, 0) is 23.3 Å². The first kappa shape index (κ1) is 22.2. The first-order valence-electron chi connectivity index (χ1n) is 7.84. The maximum absolute atomic E-state index is 5.97. The van der Waals surface area contributed by atoms with Gasteiger partial charge in [0.15, 0.2) is 6.29 Å². The minimum absolute atomic E-state index is 0.118. The summed E-state index contributed by atoms with van der Waals surface area (Å²) in [6.07, 6.45) is -0.246. The van der Waals surface area contributed by atoms with Crippen molar-refractivity contribution in [1.82, 2.24) is 4.67 Å². The molecule has 0 aliphatic carbocycles. The van der Waals surface area contributed by atoms with Crippen molar-refractivity contribution in [3.63, 3.8) is 0 Å². The first-order chi connectivity index (χ1) is 10.3. The van der Waals surface area contributed by atoms with Crippen LogP contribution in [-0.4, -0.2) is 63.2 Å². The Morgan fingerprint density at radius 2 is 1.50 bits per heavy atom. The maximum atomic E-state index is 5.97. The van der Waals surface area contributed by atoms with Gasteiger partial charge in [0.25, 0.3) is 8.53 Å². The van der Waals surface area contributed by atoms with Crippen LogP contribution in [0.5, 0.6) is 0 Å². The molecule has 0 aliphatic heterocycles. The van der Waals surface area contributed by atoms with E-state index in [1.54, 1.807) is 14.2 Å². The van der Waals surface area contributed by atoms with Gasteiger partial charge in [0.1, 0.15) is 0 Å². The van der Waals surface area contributed by atoms with E-state index in [4.69, 9.17) is 23.3 Å². The molecule has 0 heterocycles. The summed E-state index contributed by atoms with van der Waals surface area (Å²) in [6, 6.07) is 0.706. The Hall–Kier alpha value is 0.190. The topological polar surface area (TPSA) is 49.4 Å². The summed E-state index contributed by atoms with van der Waals surface area (Å²) in [5.74, 6) is 0. The largest absolute Gasteiger partial charge is 0.379 e. The van der Waals surface area contributed by atoms with E-state index < -0.39 is 8.53 Å². The minimum atomic E-state index is -1.10. The summed E-state index contributed by atoms with van der Waals surface area (Å²) in [6.45, 7) is 13.9. The highest BCUT2D eigenvalue weighted by molar-refractivity contribution is 7.44. The number of methoxy groups -OCH3 is 2. The number of nitrogens with zero attached hydrogens (tertiary/aromatic N) is 1. The van der Waals surface area contributed by atoms with Crippen molar-refractivity contribution in [1.29, 1.82) is 0 Å². The van der Waals surface area contributed by atoms with Crippen LogP contribution in [0.15, 0.2) is 0 Å². The monoisotopic (exact) mass is 339 g/mol. The molecular formula is C15H34NO5P. The van der Waals surface area contributed by atoms with Gasteiger partial charge in [-0.05, 0) is 41.5 Å². The van der Waals surface area contributed by atoms with Crippen LogP contribution in [0.2, 0.25) is 0 Å². The van der Waals surface area contributed by atoms with E-state index >= 15 is 0 Å². The average Bonchev–Trinajstić information content (AvgIpc) is 2.40. The number of hydrogen-bond donors (Lipinski definition) is 0. The Morgan fingerprint density at radius 3 is 1.91 bits per heavy atom. The van der Waals surface area contributed by atoms with Gasteiger partial charge >= 0.3 is 0 Å². The highest BCUT2D eigenvalue weighted by Crippen LogP contribution is 2.46. The van der Waals surface area contributed by atoms with Crippen molar-refractivity contribution in [3.05, 3.63) is 0 Å². The highest BCUT2D eigenvalue weighted by atomic mass is 31.2. The summed E-state index contributed by atoms with van der Waals surface area (Å²) >= 11 is 0. The van der Waals surface area contributed by atoms with Gasteiger partial charge in [-0.15, -0.1) is 0 Å². The Morgan fingerprint density at radius 1 is 0.909 bits per heavy atom. The lowest BCUT2D eigenvalue weighted by Gasteiger charge is -2.36. The van der Waals surface area contributed by atoms with E-state index in [1.807, 2.05) is 13.8 Å². The van der Waals surface area contributed by atoms with Crippen molar-refractivity contribution >= 4 is 8.53 Å². The van der Waals surface area contributed by atoms with Crippen molar-refractivity contribution in [3.8, 4) is 0 Å². The van der Waals surface area contributed by atoms with Gasteiger partial charge in [0.05, 0.1) is 25.9 Å². The molecule has 0 saturated heterocycles. The van der Waals surface area contributed by atoms with Gasteiger partial charge in [0.2, 0.25) is 0 Å². The molecule has 0 saturated carbocycles. The second kappa shape index (κ2) is 12.6. The van der Waals surface area contributed by atoms with Gasteiger partial charge in [-0.3, -0.25) is 0 Å². The Labute approximate surface area is 137 Å². The molecule has 0 fully saturated rings. The van der Waals surface area contributed by atoms with Crippen LogP contribution in [0.25, 0.3) is 0 Å². The summed E-state index contributed by atoms with van der Waals surface area (Å²) in [7, 11) is 2.11. The van der Waals surface area contributed by atoms with Crippen LogP contribution in [0, 0.1) is 0 Å². The minimum Gasteiger partial charge on any atom is -0.379 e. The van der Waals surface area contributed by atoms with Gasteiger partial charge in [-0.1, -0.05) is 0 Å². The molecule has 2 unspecified atom stereocenters. The normalized spacial score (nSPS) is 15.3. The SMILES string of the molecule is COCC(OC)OCCOP(OC(C)C)N(C(C)C)C(C)C.